The average molecular weight is 608 g/mol. The lowest BCUT2D eigenvalue weighted by Gasteiger charge is -2.40. The van der Waals surface area contributed by atoms with Gasteiger partial charge in [-0.1, -0.05) is 0 Å². The number of pyridine rings is 1. The largest absolute Gasteiger partial charge is 0.390 e. The number of nitrogens with zero attached hydrogens (tertiary/aromatic N) is 2. The summed E-state index contributed by atoms with van der Waals surface area (Å²) in [7, 11) is 0. The van der Waals surface area contributed by atoms with Gasteiger partial charge < -0.3 is 21.3 Å². The van der Waals surface area contributed by atoms with Gasteiger partial charge >= 0.3 is 6.18 Å². The third-order valence-corrected chi connectivity index (χ3v) is 8.31. The molecule has 2 saturated heterocycles. The summed E-state index contributed by atoms with van der Waals surface area (Å²) in [6.45, 7) is -0.460. The molecule has 5 rings (SSSR count). The Hall–Kier alpha value is -3.15. The summed E-state index contributed by atoms with van der Waals surface area (Å²) < 4.78 is 38.2. The van der Waals surface area contributed by atoms with Crippen molar-refractivity contribution in [3.8, 4) is 0 Å². The van der Waals surface area contributed by atoms with Crippen molar-refractivity contribution >= 4 is 45.0 Å². The molecule has 8 nitrogen and oxygen atoms in total. The molecule has 2 aliphatic heterocycles. The predicted molar refractivity (Wildman–Crippen MR) is 143 cm³/mol. The molecular weight excluding hydrogens is 579 g/mol. The standard InChI is InChI=1S/C27H29BrF3N5O3/c28-21-11-20(25(32)38)22(33-8-7-27(29,30)31)12-19(21)26(39)35-16-9-17-4-5-18(10-16)36(17)23-6-3-15(13-34-23)24(37)14-1-2-14/h3,6,11-14,16-18,33H,1-2,4-5,7-10H2,(H2,32,38)(H,35,39)/t16?,17-,18+. The van der Waals surface area contributed by atoms with E-state index in [1.165, 1.54) is 12.1 Å². The maximum absolute atomic E-state index is 13.2. The zero-order chi connectivity index (χ0) is 27.9. The first-order valence-electron chi connectivity index (χ1n) is 13.0. The molecule has 3 heterocycles. The summed E-state index contributed by atoms with van der Waals surface area (Å²) in [5.41, 5.74) is 6.31. The van der Waals surface area contributed by atoms with Crippen LogP contribution in [0.25, 0.3) is 0 Å². The second-order valence-corrected chi connectivity index (χ2v) is 11.4. The molecule has 1 unspecified atom stereocenters. The highest BCUT2D eigenvalue weighted by atomic mass is 79.9. The smallest absolute Gasteiger partial charge is 0.384 e. The summed E-state index contributed by atoms with van der Waals surface area (Å²) >= 11 is 3.30. The normalized spacial score (nSPS) is 22.5. The lowest BCUT2D eigenvalue weighted by Crippen LogP contribution is -2.50. The maximum atomic E-state index is 13.2. The van der Waals surface area contributed by atoms with Gasteiger partial charge in [0.25, 0.3) is 11.8 Å². The second kappa shape index (κ2) is 10.8. The monoisotopic (exact) mass is 607 g/mol. The molecule has 4 N–H and O–H groups in total. The molecule has 2 aromatic rings. The summed E-state index contributed by atoms with van der Waals surface area (Å²) in [5.74, 6) is -0.0755. The number of hydrogen-bond donors (Lipinski definition) is 3. The number of aromatic nitrogens is 1. The Morgan fingerprint density at radius 2 is 1.74 bits per heavy atom. The van der Waals surface area contributed by atoms with Crippen molar-refractivity contribution in [1.82, 2.24) is 10.3 Å². The van der Waals surface area contributed by atoms with Gasteiger partial charge in [-0.25, -0.2) is 4.98 Å². The minimum Gasteiger partial charge on any atom is -0.384 e. The molecule has 2 bridgehead atoms. The molecule has 3 fully saturated rings. The summed E-state index contributed by atoms with van der Waals surface area (Å²) in [4.78, 5) is 44.3. The predicted octanol–water partition coefficient (Wildman–Crippen LogP) is 4.83. The van der Waals surface area contributed by atoms with Crippen molar-refractivity contribution in [1.29, 1.82) is 0 Å². The third kappa shape index (κ3) is 6.21. The zero-order valence-corrected chi connectivity index (χ0v) is 22.6. The number of anilines is 2. The van der Waals surface area contributed by atoms with E-state index in [4.69, 9.17) is 5.73 Å². The number of benzene rings is 1. The SMILES string of the molecule is NC(=O)c1cc(Br)c(C(=O)NC2C[C@H]3CC[C@@H](C2)N3c2ccc(C(=O)C3CC3)cn2)cc1NCCC(F)(F)F. The summed E-state index contributed by atoms with van der Waals surface area (Å²) in [6, 6.07) is 6.73. The lowest BCUT2D eigenvalue weighted by molar-refractivity contribution is -0.131. The van der Waals surface area contributed by atoms with Crippen LogP contribution in [0.15, 0.2) is 34.9 Å². The van der Waals surface area contributed by atoms with E-state index in [0.717, 1.165) is 31.5 Å². The number of Topliss-reactive ketones (excluding diaryl/α,β-unsaturated/α-hetero) is 1. The van der Waals surface area contributed by atoms with E-state index in [-0.39, 0.29) is 46.6 Å². The van der Waals surface area contributed by atoms with Crippen molar-refractivity contribution in [3.05, 3.63) is 51.6 Å². The number of carbonyl (C=O) groups excluding carboxylic acids is 3. The minimum absolute atomic E-state index is 0.00991. The number of hydrogen-bond acceptors (Lipinski definition) is 6. The van der Waals surface area contributed by atoms with Crippen LogP contribution in [0.3, 0.4) is 0 Å². The second-order valence-electron chi connectivity index (χ2n) is 10.5. The number of ketones is 1. The number of carbonyl (C=O) groups is 3. The molecule has 208 valence electrons. The number of primary amides is 1. The Labute approximate surface area is 232 Å². The van der Waals surface area contributed by atoms with E-state index in [1.807, 2.05) is 12.1 Å². The molecule has 1 aliphatic carbocycles. The summed E-state index contributed by atoms with van der Waals surface area (Å²) in [5, 5.41) is 5.65. The lowest BCUT2D eigenvalue weighted by atomic mass is 9.96. The van der Waals surface area contributed by atoms with Crippen LogP contribution in [0.1, 0.15) is 76.0 Å². The van der Waals surface area contributed by atoms with Crippen LogP contribution >= 0.6 is 15.9 Å². The van der Waals surface area contributed by atoms with Gasteiger partial charge in [0.2, 0.25) is 0 Å². The number of piperidine rings is 1. The summed E-state index contributed by atoms with van der Waals surface area (Å²) in [6.07, 6.45) is 1.44. The fraction of sp³-hybridized carbons (Fsp3) is 0.481. The van der Waals surface area contributed by atoms with Gasteiger partial charge in [-0.2, -0.15) is 13.2 Å². The Morgan fingerprint density at radius 1 is 1.05 bits per heavy atom. The van der Waals surface area contributed by atoms with Crippen molar-refractivity contribution in [2.45, 2.75) is 69.2 Å². The highest BCUT2D eigenvalue weighted by molar-refractivity contribution is 9.10. The van der Waals surface area contributed by atoms with Crippen LogP contribution in [0, 0.1) is 5.92 Å². The molecule has 3 atom stereocenters. The first-order valence-corrected chi connectivity index (χ1v) is 13.8. The molecule has 3 aliphatic rings. The Morgan fingerprint density at radius 3 is 2.31 bits per heavy atom. The van der Waals surface area contributed by atoms with E-state index < -0.39 is 31.0 Å². The van der Waals surface area contributed by atoms with Crippen molar-refractivity contribution in [2.24, 2.45) is 11.7 Å². The Bertz CT molecular complexity index is 1270. The molecular formula is C27H29BrF3N5O3. The highest BCUT2D eigenvalue weighted by Crippen LogP contribution is 2.39. The number of nitrogens with two attached hydrogens (primary N) is 1. The molecule has 39 heavy (non-hydrogen) atoms. The molecule has 1 aromatic carbocycles. The van der Waals surface area contributed by atoms with Crippen LogP contribution in [0.5, 0.6) is 0 Å². The number of amides is 2. The quantitative estimate of drug-likeness (QED) is 0.352. The van der Waals surface area contributed by atoms with Gasteiger partial charge in [-0.05, 0) is 78.7 Å². The molecule has 2 amide bonds. The first kappa shape index (κ1) is 27.4. The van der Waals surface area contributed by atoms with Crippen LogP contribution in [0.2, 0.25) is 0 Å². The molecule has 0 radical (unpaired) electrons. The van der Waals surface area contributed by atoms with Crippen molar-refractivity contribution in [3.63, 3.8) is 0 Å². The van der Waals surface area contributed by atoms with E-state index in [2.05, 4.69) is 36.4 Å². The molecule has 1 saturated carbocycles. The number of halogens is 4. The zero-order valence-electron chi connectivity index (χ0n) is 21.1. The highest BCUT2D eigenvalue weighted by Gasteiger charge is 2.42. The van der Waals surface area contributed by atoms with Crippen LogP contribution in [0.4, 0.5) is 24.7 Å². The van der Waals surface area contributed by atoms with E-state index in [9.17, 15) is 27.6 Å². The van der Waals surface area contributed by atoms with Gasteiger partial charge in [0, 0.05) is 52.5 Å². The fourth-order valence-electron chi connectivity index (χ4n) is 5.63. The molecule has 1 aromatic heterocycles. The maximum Gasteiger partial charge on any atom is 0.390 e. The number of alkyl halides is 3. The van der Waals surface area contributed by atoms with E-state index in [1.54, 1.807) is 6.20 Å². The number of nitrogens with one attached hydrogen (secondary N) is 2. The molecule has 0 spiro atoms. The topological polar surface area (TPSA) is 117 Å². The van der Waals surface area contributed by atoms with E-state index in [0.29, 0.717) is 22.9 Å². The number of rotatable bonds is 9. The Kier molecular flexibility index (Phi) is 7.58. The first-order chi connectivity index (χ1) is 18.5. The van der Waals surface area contributed by atoms with Gasteiger partial charge in [0.1, 0.15) is 5.82 Å². The van der Waals surface area contributed by atoms with Gasteiger partial charge in [0.15, 0.2) is 5.78 Å². The van der Waals surface area contributed by atoms with Gasteiger partial charge in [-0.3, -0.25) is 14.4 Å². The Balaban J connectivity index is 1.25. The van der Waals surface area contributed by atoms with Crippen molar-refractivity contribution < 1.29 is 27.6 Å². The van der Waals surface area contributed by atoms with Crippen LogP contribution in [-0.2, 0) is 0 Å². The van der Waals surface area contributed by atoms with E-state index >= 15 is 0 Å². The van der Waals surface area contributed by atoms with Gasteiger partial charge in [0.05, 0.1) is 17.5 Å². The fourth-order valence-corrected chi connectivity index (χ4v) is 6.16. The average Bonchev–Trinajstić information content (AvgIpc) is 3.68. The van der Waals surface area contributed by atoms with Crippen LogP contribution < -0.4 is 21.3 Å². The number of fused-ring (bicyclic) bond motifs is 2. The van der Waals surface area contributed by atoms with Gasteiger partial charge in [-0.15, -0.1) is 0 Å². The van der Waals surface area contributed by atoms with Crippen LogP contribution in [-0.4, -0.2) is 53.4 Å². The molecule has 12 heteroatoms. The third-order valence-electron chi connectivity index (χ3n) is 7.65. The van der Waals surface area contributed by atoms with Crippen molar-refractivity contribution in [2.75, 3.05) is 16.8 Å². The minimum atomic E-state index is -4.37.